The molecule has 3 rings (SSSR count). The summed E-state index contributed by atoms with van der Waals surface area (Å²) in [5.74, 6) is 0.546. The zero-order chi connectivity index (χ0) is 17.3. The lowest BCUT2D eigenvalue weighted by molar-refractivity contribution is -0.114. The first-order valence-electron chi connectivity index (χ1n) is 7.89. The molecule has 0 fully saturated rings. The highest BCUT2D eigenvalue weighted by molar-refractivity contribution is 6.08. The average molecular weight is 324 g/mol. The van der Waals surface area contributed by atoms with Crippen LogP contribution in [0.1, 0.15) is 28.4 Å². The number of nitrogens with zero attached hydrogens (tertiary/aromatic N) is 1. The molecule has 2 amide bonds. The second-order valence-electron chi connectivity index (χ2n) is 5.99. The second-order valence-corrected chi connectivity index (χ2v) is 5.99. The molecule has 0 spiro atoms. The first-order valence-corrected chi connectivity index (χ1v) is 7.89. The number of hydrogen-bond donors (Lipinski definition) is 1. The zero-order valence-corrected chi connectivity index (χ0v) is 14.1. The van der Waals surface area contributed by atoms with E-state index in [-0.39, 0.29) is 11.8 Å². The van der Waals surface area contributed by atoms with Crippen molar-refractivity contribution in [1.82, 2.24) is 0 Å². The van der Waals surface area contributed by atoms with Gasteiger partial charge in [-0.3, -0.25) is 9.59 Å². The minimum Gasteiger partial charge on any atom is -0.490 e. The molecule has 1 aliphatic heterocycles. The Morgan fingerprint density at radius 3 is 2.50 bits per heavy atom. The molecule has 0 saturated heterocycles. The van der Waals surface area contributed by atoms with Crippen LogP contribution in [0.5, 0.6) is 5.75 Å². The normalized spacial score (nSPS) is 13.0. The number of carbonyl (C=O) groups is 2. The van der Waals surface area contributed by atoms with Crippen LogP contribution in [0.25, 0.3) is 0 Å². The molecule has 0 radical (unpaired) electrons. The van der Waals surface area contributed by atoms with Gasteiger partial charge in [0, 0.05) is 18.2 Å². The monoisotopic (exact) mass is 324 g/mol. The number of anilines is 2. The Morgan fingerprint density at radius 1 is 1.12 bits per heavy atom. The van der Waals surface area contributed by atoms with E-state index < -0.39 is 0 Å². The number of hydrogen-bond acceptors (Lipinski definition) is 3. The van der Waals surface area contributed by atoms with E-state index in [1.165, 1.54) is 6.92 Å². The molecule has 0 atom stereocenters. The lowest BCUT2D eigenvalue weighted by Crippen LogP contribution is -2.38. The van der Waals surface area contributed by atoms with Gasteiger partial charge >= 0.3 is 0 Å². The maximum absolute atomic E-state index is 12.9. The van der Waals surface area contributed by atoms with Gasteiger partial charge in [0.15, 0.2) is 0 Å². The lowest BCUT2D eigenvalue weighted by atomic mass is 10.1. The van der Waals surface area contributed by atoms with Crippen LogP contribution in [0.3, 0.4) is 0 Å². The molecular formula is C19H20N2O3. The second kappa shape index (κ2) is 6.35. The standard InChI is InChI=1S/C19H20N2O3/c1-12-10-13(2)18-17(11-12)24-9-8-21(18)19(23)15-4-6-16(7-5-15)20-14(3)22/h4-7,10-11H,8-9H2,1-3H3,(H,20,22). The highest BCUT2D eigenvalue weighted by Gasteiger charge is 2.26. The van der Waals surface area contributed by atoms with Gasteiger partial charge in [-0.1, -0.05) is 6.07 Å². The number of ether oxygens (including phenoxy) is 1. The summed E-state index contributed by atoms with van der Waals surface area (Å²) in [4.78, 5) is 25.8. The van der Waals surface area contributed by atoms with Crippen LogP contribution in [0.15, 0.2) is 36.4 Å². The molecule has 5 nitrogen and oxygen atoms in total. The third-order valence-corrected chi connectivity index (χ3v) is 3.95. The van der Waals surface area contributed by atoms with E-state index in [1.807, 2.05) is 26.0 Å². The molecule has 2 aromatic carbocycles. The van der Waals surface area contributed by atoms with Crippen molar-refractivity contribution >= 4 is 23.2 Å². The van der Waals surface area contributed by atoms with E-state index in [2.05, 4.69) is 5.32 Å². The summed E-state index contributed by atoms with van der Waals surface area (Å²) in [5.41, 5.74) is 4.22. The molecule has 0 saturated carbocycles. The molecular weight excluding hydrogens is 304 g/mol. The van der Waals surface area contributed by atoms with Crippen LogP contribution in [-0.4, -0.2) is 25.0 Å². The van der Waals surface area contributed by atoms with Crippen LogP contribution in [-0.2, 0) is 4.79 Å². The fourth-order valence-corrected chi connectivity index (χ4v) is 2.99. The summed E-state index contributed by atoms with van der Waals surface area (Å²) < 4.78 is 5.72. The van der Waals surface area contributed by atoms with E-state index in [1.54, 1.807) is 29.2 Å². The van der Waals surface area contributed by atoms with Crippen molar-refractivity contribution in [1.29, 1.82) is 0 Å². The van der Waals surface area contributed by atoms with Crippen molar-refractivity contribution in [3.63, 3.8) is 0 Å². The third-order valence-electron chi connectivity index (χ3n) is 3.95. The number of benzene rings is 2. The number of rotatable bonds is 2. The average Bonchev–Trinajstić information content (AvgIpc) is 2.53. The van der Waals surface area contributed by atoms with Gasteiger partial charge in [0.1, 0.15) is 12.4 Å². The Morgan fingerprint density at radius 2 is 1.83 bits per heavy atom. The van der Waals surface area contributed by atoms with E-state index >= 15 is 0 Å². The van der Waals surface area contributed by atoms with E-state index in [9.17, 15) is 9.59 Å². The molecule has 1 aliphatic rings. The molecule has 1 heterocycles. The van der Waals surface area contributed by atoms with Gasteiger partial charge in [-0.05, 0) is 55.3 Å². The van der Waals surface area contributed by atoms with Crippen LogP contribution < -0.4 is 15.0 Å². The highest BCUT2D eigenvalue weighted by atomic mass is 16.5. The first kappa shape index (κ1) is 16.1. The fraction of sp³-hybridized carbons (Fsp3) is 0.263. The van der Waals surface area contributed by atoms with Crippen molar-refractivity contribution in [2.45, 2.75) is 20.8 Å². The zero-order valence-electron chi connectivity index (χ0n) is 14.1. The summed E-state index contributed by atoms with van der Waals surface area (Å²) in [6.45, 7) is 6.45. The van der Waals surface area contributed by atoms with Crippen LogP contribution in [0, 0.1) is 13.8 Å². The summed E-state index contributed by atoms with van der Waals surface area (Å²) >= 11 is 0. The summed E-state index contributed by atoms with van der Waals surface area (Å²) in [6, 6.07) is 10.9. The van der Waals surface area contributed by atoms with Gasteiger partial charge in [-0.25, -0.2) is 0 Å². The molecule has 0 aliphatic carbocycles. The smallest absolute Gasteiger partial charge is 0.258 e. The molecule has 0 bridgehead atoms. The largest absolute Gasteiger partial charge is 0.490 e. The third kappa shape index (κ3) is 3.11. The number of carbonyl (C=O) groups excluding carboxylic acids is 2. The highest BCUT2D eigenvalue weighted by Crippen LogP contribution is 2.36. The van der Waals surface area contributed by atoms with E-state index in [0.29, 0.717) is 24.4 Å². The van der Waals surface area contributed by atoms with E-state index in [4.69, 9.17) is 4.74 Å². The van der Waals surface area contributed by atoms with Crippen LogP contribution in [0.4, 0.5) is 11.4 Å². The first-order chi connectivity index (χ1) is 11.5. The number of aryl methyl sites for hydroxylation is 2. The topological polar surface area (TPSA) is 58.6 Å². The Hall–Kier alpha value is -2.82. The number of nitrogens with one attached hydrogen (secondary N) is 1. The molecule has 0 unspecified atom stereocenters. The Balaban J connectivity index is 1.90. The van der Waals surface area contributed by atoms with Crippen molar-refractivity contribution in [2.75, 3.05) is 23.4 Å². The summed E-state index contributed by atoms with van der Waals surface area (Å²) in [7, 11) is 0. The SMILES string of the molecule is CC(=O)Nc1ccc(C(=O)N2CCOc3cc(C)cc(C)c32)cc1. The molecule has 5 heteroatoms. The van der Waals surface area contributed by atoms with E-state index in [0.717, 1.165) is 22.6 Å². The molecule has 24 heavy (non-hydrogen) atoms. The van der Waals surface area contributed by atoms with Crippen molar-refractivity contribution in [3.8, 4) is 5.75 Å². The summed E-state index contributed by atoms with van der Waals surface area (Å²) in [6.07, 6.45) is 0. The van der Waals surface area contributed by atoms with Gasteiger partial charge in [0.05, 0.1) is 12.2 Å². The van der Waals surface area contributed by atoms with Gasteiger partial charge in [-0.15, -0.1) is 0 Å². The van der Waals surface area contributed by atoms with Crippen molar-refractivity contribution in [3.05, 3.63) is 53.1 Å². The number of amides is 2. The van der Waals surface area contributed by atoms with Gasteiger partial charge < -0.3 is 15.0 Å². The van der Waals surface area contributed by atoms with Gasteiger partial charge in [0.25, 0.3) is 5.91 Å². The maximum atomic E-state index is 12.9. The molecule has 1 N–H and O–H groups in total. The van der Waals surface area contributed by atoms with Crippen molar-refractivity contribution < 1.29 is 14.3 Å². The number of fused-ring (bicyclic) bond motifs is 1. The van der Waals surface area contributed by atoms with Crippen molar-refractivity contribution in [2.24, 2.45) is 0 Å². The maximum Gasteiger partial charge on any atom is 0.258 e. The quantitative estimate of drug-likeness (QED) is 0.922. The molecule has 2 aromatic rings. The van der Waals surface area contributed by atoms with Crippen LogP contribution in [0.2, 0.25) is 0 Å². The minimum atomic E-state index is -0.137. The predicted molar refractivity (Wildman–Crippen MR) is 93.8 cm³/mol. The predicted octanol–water partition coefficient (Wildman–Crippen LogP) is 3.30. The lowest BCUT2D eigenvalue weighted by Gasteiger charge is -2.31. The van der Waals surface area contributed by atoms with Gasteiger partial charge in [-0.2, -0.15) is 0 Å². The Kier molecular flexibility index (Phi) is 4.25. The fourth-order valence-electron chi connectivity index (χ4n) is 2.99. The van der Waals surface area contributed by atoms with Gasteiger partial charge in [0.2, 0.25) is 5.91 Å². The minimum absolute atomic E-state index is 0.0686. The molecule has 0 aromatic heterocycles. The Bertz CT molecular complexity index is 797. The van der Waals surface area contributed by atoms with Crippen LogP contribution >= 0.6 is 0 Å². The Labute approximate surface area is 141 Å². The molecule has 124 valence electrons. The summed E-state index contributed by atoms with van der Waals surface area (Å²) in [5, 5.41) is 2.70.